The van der Waals surface area contributed by atoms with Crippen LogP contribution < -0.4 is 10.5 Å². The lowest BCUT2D eigenvalue weighted by Crippen LogP contribution is -2.30. The minimum Gasteiger partial charge on any atom is -0.398 e. The van der Waals surface area contributed by atoms with Gasteiger partial charge in [0.2, 0.25) is 10.0 Å². The summed E-state index contributed by atoms with van der Waals surface area (Å²) in [6, 6.07) is 16.1. The largest absolute Gasteiger partial charge is 0.398 e. The minimum atomic E-state index is -3.62. The number of para-hydroxylation sites is 1. The number of anilines is 1. The number of nitrogens with two attached hydrogens (primary N) is 1. The molecule has 1 saturated carbocycles. The third-order valence-corrected chi connectivity index (χ3v) is 5.26. The van der Waals surface area contributed by atoms with Crippen LogP contribution in [0.5, 0.6) is 0 Å². The van der Waals surface area contributed by atoms with Crippen LogP contribution in [0.2, 0.25) is 0 Å². The molecule has 2 aromatic rings. The summed E-state index contributed by atoms with van der Waals surface area (Å²) in [6.07, 6.45) is 2.10. The average molecular weight is 302 g/mol. The van der Waals surface area contributed by atoms with Crippen molar-refractivity contribution in [3.63, 3.8) is 0 Å². The zero-order chi connectivity index (χ0) is 14.9. The Bertz CT molecular complexity index is 725. The highest BCUT2D eigenvalue weighted by Gasteiger charge is 2.35. The maximum atomic E-state index is 12.6. The maximum Gasteiger partial charge on any atom is 0.243 e. The van der Waals surface area contributed by atoms with Crippen molar-refractivity contribution in [2.75, 3.05) is 5.73 Å². The van der Waals surface area contributed by atoms with Gasteiger partial charge in [-0.2, -0.15) is 0 Å². The van der Waals surface area contributed by atoms with Gasteiger partial charge in [-0.05, 0) is 36.5 Å². The average Bonchev–Trinajstić information content (AvgIpc) is 3.31. The predicted molar refractivity (Wildman–Crippen MR) is 83.1 cm³/mol. The number of nitrogens with one attached hydrogen (secondary N) is 1. The van der Waals surface area contributed by atoms with Crippen LogP contribution in [0, 0.1) is 5.92 Å². The molecule has 21 heavy (non-hydrogen) atoms. The predicted octanol–water partition coefficient (Wildman–Crippen LogP) is 2.70. The van der Waals surface area contributed by atoms with E-state index in [1.807, 2.05) is 30.3 Å². The summed E-state index contributed by atoms with van der Waals surface area (Å²) in [5.41, 5.74) is 7.06. The first-order valence-electron chi connectivity index (χ1n) is 7.00. The molecule has 5 heteroatoms. The van der Waals surface area contributed by atoms with Crippen molar-refractivity contribution in [1.82, 2.24) is 4.72 Å². The third kappa shape index (κ3) is 3.09. The normalized spacial score (nSPS) is 16.6. The summed E-state index contributed by atoms with van der Waals surface area (Å²) in [5.74, 6) is 0.368. The molecule has 1 unspecified atom stereocenters. The molecule has 0 bridgehead atoms. The van der Waals surface area contributed by atoms with Gasteiger partial charge in [0, 0.05) is 6.04 Å². The highest BCUT2D eigenvalue weighted by molar-refractivity contribution is 7.89. The molecular formula is C16H18N2O2S. The lowest BCUT2D eigenvalue weighted by Gasteiger charge is -2.19. The second-order valence-corrected chi connectivity index (χ2v) is 7.07. The zero-order valence-electron chi connectivity index (χ0n) is 11.6. The van der Waals surface area contributed by atoms with Crippen molar-refractivity contribution in [2.45, 2.75) is 23.8 Å². The van der Waals surface area contributed by atoms with E-state index in [2.05, 4.69) is 4.72 Å². The Labute approximate surface area is 125 Å². The van der Waals surface area contributed by atoms with Gasteiger partial charge >= 0.3 is 0 Å². The van der Waals surface area contributed by atoms with E-state index in [0.717, 1.165) is 18.4 Å². The van der Waals surface area contributed by atoms with Crippen LogP contribution in [0.15, 0.2) is 59.5 Å². The molecule has 3 N–H and O–H groups in total. The summed E-state index contributed by atoms with van der Waals surface area (Å²) in [4.78, 5) is 0.145. The van der Waals surface area contributed by atoms with Crippen molar-refractivity contribution in [3.05, 3.63) is 60.2 Å². The Morgan fingerprint density at radius 1 is 1.00 bits per heavy atom. The van der Waals surface area contributed by atoms with E-state index >= 15 is 0 Å². The molecule has 1 aliphatic carbocycles. The van der Waals surface area contributed by atoms with E-state index in [1.165, 1.54) is 6.07 Å². The number of benzene rings is 2. The molecular weight excluding hydrogens is 284 g/mol. The van der Waals surface area contributed by atoms with E-state index in [-0.39, 0.29) is 16.6 Å². The lowest BCUT2D eigenvalue weighted by molar-refractivity contribution is 0.529. The Hall–Kier alpha value is -1.85. The summed E-state index contributed by atoms with van der Waals surface area (Å²) in [6.45, 7) is 0. The molecule has 1 atom stereocenters. The molecule has 0 spiro atoms. The standard InChI is InChI=1S/C16H18N2O2S/c17-14-8-4-5-9-15(14)21(19,20)18-16(13-10-11-13)12-6-2-1-3-7-12/h1-9,13,16,18H,10-11,17H2. The summed E-state index contributed by atoms with van der Waals surface area (Å²) in [7, 11) is -3.62. The minimum absolute atomic E-state index is 0.145. The van der Waals surface area contributed by atoms with Crippen molar-refractivity contribution in [1.29, 1.82) is 0 Å². The molecule has 4 nitrogen and oxygen atoms in total. The molecule has 0 radical (unpaired) electrons. The topological polar surface area (TPSA) is 72.2 Å². The third-order valence-electron chi connectivity index (χ3n) is 3.74. The van der Waals surface area contributed by atoms with E-state index in [1.54, 1.807) is 18.2 Å². The highest BCUT2D eigenvalue weighted by atomic mass is 32.2. The number of nitrogen functional groups attached to an aromatic ring is 1. The second kappa shape index (κ2) is 5.50. The Morgan fingerprint density at radius 2 is 1.62 bits per heavy atom. The van der Waals surface area contributed by atoms with Crippen LogP contribution in [0.25, 0.3) is 0 Å². The Balaban J connectivity index is 1.91. The van der Waals surface area contributed by atoms with E-state index in [9.17, 15) is 8.42 Å². The molecule has 0 aliphatic heterocycles. The number of hydrogen-bond acceptors (Lipinski definition) is 3. The van der Waals surface area contributed by atoms with Crippen LogP contribution in [-0.2, 0) is 10.0 Å². The molecule has 1 aliphatic rings. The molecule has 0 heterocycles. The van der Waals surface area contributed by atoms with Crippen LogP contribution in [0.4, 0.5) is 5.69 Å². The fraction of sp³-hybridized carbons (Fsp3) is 0.250. The van der Waals surface area contributed by atoms with Crippen molar-refractivity contribution in [2.24, 2.45) is 5.92 Å². The van der Waals surface area contributed by atoms with Gasteiger partial charge in [-0.3, -0.25) is 0 Å². The maximum absolute atomic E-state index is 12.6. The molecule has 0 aromatic heterocycles. The molecule has 1 fully saturated rings. The van der Waals surface area contributed by atoms with Crippen molar-refractivity contribution < 1.29 is 8.42 Å². The van der Waals surface area contributed by atoms with Crippen LogP contribution in [0.3, 0.4) is 0 Å². The summed E-state index contributed by atoms with van der Waals surface area (Å²) in [5, 5.41) is 0. The molecule has 3 rings (SSSR count). The van der Waals surface area contributed by atoms with Crippen molar-refractivity contribution >= 4 is 15.7 Å². The lowest BCUT2D eigenvalue weighted by atomic mass is 10.0. The van der Waals surface area contributed by atoms with Gasteiger partial charge in [0.25, 0.3) is 0 Å². The van der Waals surface area contributed by atoms with Crippen LogP contribution in [0.1, 0.15) is 24.4 Å². The van der Waals surface area contributed by atoms with Gasteiger partial charge in [-0.15, -0.1) is 0 Å². The Kier molecular flexibility index (Phi) is 3.69. The molecule has 0 saturated heterocycles. The monoisotopic (exact) mass is 302 g/mol. The van der Waals surface area contributed by atoms with Gasteiger partial charge < -0.3 is 5.73 Å². The number of hydrogen-bond donors (Lipinski definition) is 2. The smallest absolute Gasteiger partial charge is 0.243 e. The fourth-order valence-corrected chi connectivity index (χ4v) is 3.91. The SMILES string of the molecule is Nc1ccccc1S(=O)(=O)NC(c1ccccc1)C1CC1. The first-order valence-corrected chi connectivity index (χ1v) is 8.48. The molecule has 0 amide bonds. The van der Waals surface area contributed by atoms with E-state index < -0.39 is 10.0 Å². The number of sulfonamides is 1. The first kappa shape index (κ1) is 14.1. The zero-order valence-corrected chi connectivity index (χ0v) is 12.4. The Morgan fingerprint density at radius 3 is 2.24 bits per heavy atom. The fourth-order valence-electron chi connectivity index (χ4n) is 2.48. The quantitative estimate of drug-likeness (QED) is 0.834. The van der Waals surface area contributed by atoms with Gasteiger partial charge in [0.05, 0.1) is 5.69 Å². The molecule has 110 valence electrons. The van der Waals surface area contributed by atoms with E-state index in [0.29, 0.717) is 5.92 Å². The van der Waals surface area contributed by atoms with Crippen LogP contribution >= 0.6 is 0 Å². The first-order chi connectivity index (χ1) is 10.1. The van der Waals surface area contributed by atoms with E-state index in [4.69, 9.17) is 5.73 Å². The molecule has 2 aromatic carbocycles. The second-order valence-electron chi connectivity index (χ2n) is 5.38. The number of rotatable bonds is 5. The van der Waals surface area contributed by atoms with Gasteiger partial charge in [-0.25, -0.2) is 13.1 Å². The van der Waals surface area contributed by atoms with Crippen molar-refractivity contribution in [3.8, 4) is 0 Å². The summed E-state index contributed by atoms with van der Waals surface area (Å²) < 4.78 is 28.0. The summed E-state index contributed by atoms with van der Waals surface area (Å²) >= 11 is 0. The van der Waals surface area contributed by atoms with Gasteiger partial charge in [-0.1, -0.05) is 42.5 Å². The van der Waals surface area contributed by atoms with Gasteiger partial charge in [0.15, 0.2) is 0 Å². The van der Waals surface area contributed by atoms with Gasteiger partial charge in [0.1, 0.15) is 4.90 Å². The van der Waals surface area contributed by atoms with Crippen LogP contribution in [-0.4, -0.2) is 8.42 Å². The highest BCUT2D eigenvalue weighted by Crippen LogP contribution is 2.41.